The molecular weight excluding hydrogens is 659 g/mol. The number of urea groups is 1. The number of rotatable bonds is 6. The molecule has 0 saturated carbocycles. The fraction of sp³-hybridized carbons (Fsp3) is 0.379. The average molecular weight is 691 g/mol. The van der Waals surface area contributed by atoms with E-state index < -0.39 is 45.7 Å². The number of aliphatic hydroxyl groups excluding tert-OH is 2. The third kappa shape index (κ3) is 12.0. The molecule has 1 aromatic heterocycles. The van der Waals surface area contributed by atoms with Crippen LogP contribution in [0.25, 0.3) is 5.57 Å². The monoisotopic (exact) mass is 689 g/mol. The first-order chi connectivity index (χ1) is 20.5. The second-order valence-corrected chi connectivity index (χ2v) is 10.1. The van der Waals surface area contributed by atoms with Crippen LogP contribution < -0.4 is 5.32 Å². The second-order valence-electron chi connectivity index (χ2n) is 8.87. The molecule has 244 valence electrons. The van der Waals surface area contributed by atoms with E-state index in [4.69, 9.17) is 39.9 Å². The van der Waals surface area contributed by atoms with E-state index in [0.29, 0.717) is 29.2 Å². The van der Waals surface area contributed by atoms with Crippen LogP contribution in [0.2, 0.25) is 10.0 Å². The zero-order valence-electron chi connectivity index (χ0n) is 24.0. The van der Waals surface area contributed by atoms with Gasteiger partial charge in [-0.1, -0.05) is 67.4 Å². The lowest BCUT2D eigenvalue weighted by atomic mass is 10.0. The maximum atomic E-state index is 12.8. The third-order valence-electron chi connectivity index (χ3n) is 5.79. The first-order valence-electron chi connectivity index (χ1n) is 13.1. The minimum absolute atomic E-state index is 0.160. The van der Waals surface area contributed by atoms with Crippen LogP contribution in [0.4, 0.5) is 36.8 Å². The van der Waals surface area contributed by atoms with E-state index in [1.54, 1.807) is 18.3 Å². The number of aromatic nitrogens is 1. The van der Waals surface area contributed by atoms with Gasteiger partial charge in [-0.15, -0.1) is 0 Å². The highest BCUT2D eigenvalue weighted by Gasteiger charge is 2.34. The number of anilines is 1. The fourth-order valence-corrected chi connectivity index (χ4v) is 4.54. The molecule has 1 aliphatic heterocycles. The highest BCUT2D eigenvalue weighted by molar-refractivity contribution is 6.32. The number of allylic oxidation sites excluding steroid dienone is 3. The van der Waals surface area contributed by atoms with Crippen molar-refractivity contribution in [1.82, 2.24) is 9.88 Å². The van der Waals surface area contributed by atoms with Crippen LogP contribution in [-0.4, -0.2) is 58.1 Å². The molecule has 0 spiro atoms. The lowest BCUT2D eigenvalue weighted by Gasteiger charge is -2.27. The predicted octanol–water partition coefficient (Wildman–Crippen LogP) is 8.90. The Kier molecular flexibility index (Phi) is 15.7. The molecular formula is C29H32Cl3F6N3O3. The van der Waals surface area contributed by atoms with Crippen LogP contribution in [0, 0.1) is 0 Å². The number of benzene rings is 1. The topological polar surface area (TPSA) is 85.7 Å². The highest BCUT2D eigenvalue weighted by atomic mass is 35.5. The van der Waals surface area contributed by atoms with Gasteiger partial charge in [-0.2, -0.15) is 26.3 Å². The molecule has 0 aliphatic carbocycles. The van der Waals surface area contributed by atoms with Gasteiger partial charge in [-0.3, -0.25) is 4.98 Å². The van der Waals surface area contributed by atoms with Crippen molar-refractivity contribution in [3.8, 4) is 0 Å². The van der Waals surface area contributed by atoms with Gasteiger partial charge in [0.2, 0.25) is 0 Å². The standard InChI is InChI=1S/C21H20Cl2F3N3O3.C6H6ClF3.C2H6/c22-17-9-14(1-2-16(17)21(24,25)26)28-20(32)29-5-3-13(4-6-29)19-18(23)8-12(10-27-19)7-15(31)11-30;1-3-5(4(2)7)6(8,9)10;1-2/h1-3,8-10,15,30-31H,4-7,11H2,(H,28,32);3H,2H2,1H3;1-2H3/b;5-3+;/t15-;;/m1../s1. The molecule has 0 radical (unpaired) electrons. The van der Waals surface area contributed by atoms with Gasteiger partial charge in [-0.05, 0) is 48.7 Å². The van der Waals surface area contributed by atoms with Gasteiger partial charge in [0.05, 0.1) is 39.6 Å². The highest BCUT2D eigenvalue weighted by Crippen LogP contribution is 2.36. The number of hydrogen-bond donors (Lipinski definition) is 3. The Labute approximate surface area is 266 Å². The maximum Gasteiger partial charge on any atom is 0.417 e. The number of pyridine rings is 1. The molecule has 2 aromatic rings. The van der Waals surface area contributed by atoms with E-state index in [0.717, 1.165) is 29.8 Å². The summed E-state index contributed by atoms with van der Waals surface area (Å²) in [4.78, 5) is 18.3. The van der Waals surface area contributed by atoms with Crippen molar-refractivity contribution in [2.75, 3.05) is 25.0 Å². The molecule has 0 fully saturated rings. The maximum absolute atomic E-state index is 12.8. The van der Waals surface area contributed by atoms with Crippen molar-refractivity contribution in [2.24, 2.45) is 0 Å². The molecule has 0 bridgehead atoms. The molecule has 2 heterocycles. The summed E-state index contributed by atoms with van der Waals surface area (Å²) in [6.07, 6.45) is -4.87. The Hall–Kier alpha value is -2.77. The van der Waals surface area contributed by atoms with E-state index in [-0.39, 0.29) is 25.3 Å². The van der Waals surface area contributed by atoms with Gasteiger partial charge in [0, 0.05) is 36.4 Å². The molecule has 0 saturated heterocycles. The van der Waals surface area contributed by atoms with Crippen molar-refractivity contribution in [3.63, 3.8) is 0 Å². The number of hydrogen-bond acceptors (Lipinski definition) is 4. The number of carbonyl (C=O) groups excluding carboxylic acids is 1. The Morgan fingerprint density at radius 2 is 1.80 bits per heavy atom. The summed E-state index contributed by atoms with van der Waals surface area (Å²) < 4.78 is 73.7. The summed E-state index contributed by atoms with van der Waals surface area (Å²) in [5.74, 6) is 0. The first kappa shape index (κ1) is 39.3. The molecule has 0 unspecified atom stereocenters. The van der Waals surface area contributed by atoms with Crippen molar-refractivity contribution in [1.29, 1.82) is 0 Å². The summed E-state index contributed by atoms with van der Waals surface area (Å²) >= 11 is 17.1. The van der Waals surface area contributed by atoms with E-state index in [1.165, 1.54) is 11.8 Å². The molecule has 15 heteroatoms. The summed E-state index contributed by atoms with van der Waals surface area (Å²) in [5, 5.41) is 20.5. The molecule has 1 aromatic carbocycles. The first-order valence-corrected chi connectivity index (χ1v) is 14.2. The number of carbonyl (C=O) groups is 1. The minimum atomic E-state index is -4.57. The normalized spacial score (nSPS) is 14.4. The number of aliphatic hydroxyl groups is 2. The fourth-order valence-electron chi connectivity index (χ4n) is 3.73. The molecule has 1 aliphatic rings. The zero-order chi connectivity index (χ0) is 33.8. The lowest BCUT2D eigenvalue weighted by Crippen LogP contribution is -2.38. The van der Waals surface area contributed by atoms with Gasteiger partial charge in [-0.25, -0.2) is 4.79 Å². The minimum Gasteiger partial charge on any atom is -0.394 e. The van der Waals surface area contributed by atoms with Crippen LogP contribution >= 0.6 is 34.8 Å². The summed E-state index contributed by atoms with van der Waals surface area (Å²) in [6.45, 7) is 8.49. The quantitative estimate of drug-likeness (QED) is 0.209. The van der Waals surface area contributed by atoms with E-state index >= 15 is 0 Å². The van der Waals surface area contributed by atoms with Crippen LogP contribution in [0.5, 0.6) is 0 Å². The zero-order valence-corrected chi connectivity index (χ0v) is 26.2. The number of halogens is 9. The van der Waals surface area contributed by atoms with Crippen LogP contribution in [0.1, 0.15) is 44.0 Å². The second kappa shape index (κ2) is 17.6. The van der Waals surface area contributed by atoms with Crippen molar-refractivity contribution in [3.05, 3.63) is 86.7 Å². The predicted molar refractivity (Wildman–Crippen MR) is 162 cm³/mol. The Morgan fingerprint density at radius 1 is 1.16 bits per heavy atom. The summed E-state index contributed by atoms with van der Waals surface area (Å²) in [6, 6.07) is 4.24. The Bertz CT molecular complexity index is 1350. The third-order valence-corrected chi connectivity index (χ3v) is 6.60. The molecule has 3 N–H and O–H groups in total. The Morgan fingerprint density at radius 3 is 2.20 bits per heavy atom. The van der Waals surface area contributed by atoms with Crippen molar-refractivity contribution >= 4 is 52.1 Å². The largest absolute Gasteiger partial charge is 0.417 e. The number of nitrogens with zero attached hydrogens (tertiary/aromatic N) is 2. The van der Waals surface area contributed by atoms with E-state index in [1.807, 2.05) is 13.8 Å². The van der Waals surface area contributed by atoms with Gasteiger partial charge in [0.25, 0.3) is 0 Å². The smallest absolute Gasteiger partial charge is 0.394 e. The van der Waals surface area contributed by atoms with Gasteiger partial charge < -0.3 is 20.4 Å². The van der Waals surface area contributed by atoms with Crippen molar-refractivity contribution in [2.45, 2.75) is 52.1 Å². The van der Waals surface area contributed by atoms with Crippen LogP contribution in [0.15, 0.2) is 59.8 Å². The van der Waals surface area contributed by atoms with E-state index in [9.17, 15) is 36.2 Å². The van der Waals surface area contributed by atoms with Crippen LogP contribution in [0.3, 0.4) is 0 Å². The van der Waals surface area contributed by atoms with Gasteiger partial charge in [0.15, 0.2) is 0 Å². The van der Waals surface area contributed by atoms with Crippen molar-refractivity contribution < 1.29 is 41.4 Å². The molecule has 44 heavy (non-hydrogen) atoms. The van der Waals surface area contributed by atoms with E-state index in [2.05, 4.69) is 16.9 Å². The number of alkyl halides is 6. The molecule has 1 atom stereocenters. The van der Waals surface area contributed by atoms with Gasteiger partial charge >= 0.3 is 18.4 Å². The molecule has 6 nitrogen and oxygen atoms in total. The molecule has 3 rings (SSSR count). The van der Waals surface area contributed by atoms with Crippen LogP contribution in [-0.2, 0) is 12.6 Å². The van der Waals surface area contributed by atoms with Gasteiger partial charge in [0.1, 0.15) is 0 Å². The number of nitrogens with one attached hydrogen (secondary N) is 1. The summed E-state index contributed by atoms with van der Waals surface area (Å²) in [5.41, 5.74) is 0.425. The average Bonchev–Trinajstić information content (AvgIpc) is 2.93. The SMILES string of the molecule is C=C(Cl)/C(=C\C)C(F)(F)F.CC.O=C(Nc1ccc(C(F)(F)F)c(Cl)c1)N1CC=C(c2ncc(C[C@@H](O)CO)cc2Cl)CC1. The number of amides is 2. The Balaban J connectivity index is 0.000000687. The summed E-state index contributed by atoms with van der Waals surface area (Å²) in [7, 11) is 0. The molecule has 2 amide bonds. The lowest BCUT2D eigenvalue weighted by molar-refractivity contribution is -0.137.